The zero-order chi connectivity index (χ0) is 15.4. The lowest BCUT2D eigenvalue weighted by Crippen LogP contribution is -2.39. The van der Waals surface area contributed by atoms with E-state index in [0.29, 0.717) is 13.2 Å². The second-order valence-electron chi connectivity index (χ2n) is 5.15. The number of hydrogen-bond donors (Lipinski definition) is 1. The lowest BCUT2D eigenvalue weighted by atomic mass is 10.1. The van der Waals surface area contributed by atoms with Crippen LogP contribution in [-0.2, 0) is 14.3 Å². The average Bonchev–Trinajstić information content (AvgIpc) is 3.23. The first-order chi connectivity index (χ1) is 10.0. The predicted molar refractivity (Wildman–Crippen MR) is 81.1 cm³/mol. The van der Waals surface area contributed by atoms with E-state index in [4.69, 9.17) is 9.84 Å². The van der Waals surface area contributed by atoms with Gasteiger partial charge in [-0.15, -0.1) is 0 Å². The molecule has 0 heterocycles. The van der Waals surface area contributed by atoms with Gasteiger partial charge < -0.3 is 14.7 Å². The molecule has 1 amide bonds. The van der Waals surface area contributed by atoms with Gasteiger partial charge in [-0.2, -0.15) is 0 Å². The average molecular weight is 356 g/mol. The second-order valence-corrected chi connectivity index (χ2v) is 6.06. The molecule has 2 rings (SSSR count). The van der Waals surface area contributed by atoms with Crippen LogP contribution in [0, 0.1) is 5.92 Å². The number of carboxylic acids is 1. The van der Waals surface area contributed by atoms with E-state index in [1.807, 2.05) is 24.3 Å². The molecule has 1 aromatic rings. The number of aliphatic carboxylic acids is 1. The fourth-order valence-electron chi connectivity index (χ4n) is 2.41. The van der Waals surface area contributed by atoms with E-state index in [1.54, 1.807) is 0 Å². The van der Waals surface area contributed by atoms with Crippen LogP contribution in [-0.4, -0.2) is 48.7 Å². The van der Waals surface area contributed by atoms with E-state index >= 15 is 0 Å². The number of carbonyl (C=O) groups is 2. The van der Waals surface area contributed by atoms with Crippen molar-refractivity contribution in [2.45, 2.75) is 12.3 Å². The lowest BCUT2D eigenvalue weighted by molar-refractivity contribution is -0.145. The Hall–Kier alpha value is -1.40. The monoisotopic (exact) mass is 355 g/mol. The summed E-state index contributed by atoms with van der Waals surface area (Å²) in [7, 11) is 1.53. The Morgan fingerprint density at radius 1 is 1.38 bits per heavy atom. The standard InChI is InChI=1S/C15H18BrNO4/c1-21-7-6-17(9-14(18)19)15(20)13-8-12(13)10-2-4-11(16)5-3-10/h2-5,12-13H,6-9H2,1H3,(H,18,19). The highest BCUT2D eigenvalue weighted by molar-refractivity contribution is 9.10. The quantitative estimate of drug-likeness (QED) is 0.813. The number of nitrogens with zero attached hydrogens (tertiary/aromatic N) is 1. The molecule has 0 aromatic heterocycles. The number of rotatable bonds is 7. The number of carboxylic acid groups (broad SMARTS) is 1. The Morgan fingerprint density at radius 3 is 2.62 bits per heavy atom. The third kappa shape index (κ3) is 4.28. The number of carbonyl (C=O) groups excluding carboxylic acids is 1. The fraction of sp³-hybridized carbons (Fsp3) is 0.467. The molecule has 1 N–H and O–H groups in total. The predicted octanol–water partition coefficient (Wildman–Crippen LogP) is 2.11. The summed E-state index contributed by atoms with van der Waals surface area (Å²) in [6, 6.07) is 7.90. The van der Waals surface area contributed by atoms with E-state index in [9.17, 15) is 9.59 Å². The van der Waals surface area contributed by atoms with Crippen LogP contribution in [0.3, 0.4) is 0 Å². The number of hydrogen-bond acceptors (Lipinski definition) is 3. The van der Waals surface area contributed by atoms with E-state index in [0.717, 1.165) is 16.5 Å². The molecule has 1 aliphatic rings. The first-order valence-corrected chi connectivity index (χ1v) is 7.57. The Morgan fingerprint density at radius 2 is 2.05 bits per heavy atom. The van der Waals surface area contributed by atoms with Gasteiger partial charge in [0.05, 0.1) is 6.61 Å². The highest BCUT2D eigenvalue weighted by Crippen LogP contribution is 2.48. The fourth-order valence-corrected chi connectivity index (χ4v) is 2.68. The molecule has 1 fully saturated rings. The smallest absolute Gasteiger partial charge is 0.323 e. The van der Waals surface area contributed by atoms with Crippen LogP contribution in [0.25, 0.3) is 0 Å². The van der Waals surface area contributed by atoms with Crippen molar-refractivity contribution < 1.29 is 19.4 Å². The molecule has 5 nitrogen and oxygen atoms in total. The Kier molecular flexibility index (Phi) is 5.36. The van der Waals surface area contributed by atoms with Crippen molar-refractivity contribution in [2.24, 2.45) is 5.92 Å². The van der Waals surface area contributed by atoms with Crippen LogP contribution < -0.4 is 0 Å². The third-order valence-corrected chi connectivity index (χ3v) is 4.14. The highest BCUT2D eigenvalue weighted by atomic mass is 79.9. The Balaban J connectivity index is 1.98. The minimum absolute atomic E-state index is 0.0950. The van der Waals surface area contributed by atoms with E-state index < -0.39 is 5.97 Å². The van der Waals surface area contributed by atoms with Crippen LogP contribution in [0.1, 0.15) is 17.9 Å². The van der Waals surface area contributed by atoms with Crippen molar-refractivity contribution in [1.29, 1.82) is 0 Å². The van der Waals surface area contributed by atoms with Gasteiger partial charge in [0, 0.05) is 24.0 Å². The number of amides is 1. The van der Waals surface area contributed by atoms with Gasteiger partial charge in [0.15, 0.2) is 0 Å². The lowest BCUT2D eigenvalue weighted by Gasteiger charge is -2.20. The number of benzene rings is 1. The summed E-state index contributed by atoms with van der Waals surface area (Å²) >= 11 is 3.38. The zero-order valence-corrected chi connectivity index (χ0v) is 13.4. The van der Waals surface area contributed by atoms with Crippen molar-refractivity contribution in [2.75, 3.05) is 26.8 Å². The maximum Gasteiger partial charge on any atom is 0.323 e. The van der Waals surface area contributed by atoms with E-state index in [2.05, 4.69) is 15.9 Å². The van der Waals surface area contributed by atoms with Gasteiger partial charge in [-0.25, -0.2) is 0 Å². The van der Waals surface area contributed by atoms with Crippen LogP contribution in [0.5, 0.6) is 0 Å². The zero-order valence-electron chi connectivity index (χ0n) is 11.8. The number of ether oxygens (including phenoxy) is 1. The largest absolute Gasteiger partial charge is 0.480 e. The minimum Gasteiger partial charge on any atom is -0.480 e. The van der Waals surface area contributed by atoms with Crippen molar-refractivity contribution in [3.05, 3.63) is 34.3 Å². The van der Waals surface area contributed by atoms with Gasteiger partial charge in [-0.1, -0.05) is 28.1 Å². The minimum atomic E-state index is -1.000. The van der Waals surface area contributed by atoms with E-state index in [-0.39, 0.29) is 24.3 Å². The molecule has 1 saturated carbocycles. The molecular formula is C15H18BrNO4. The van der Waals surface area contributed by atoms with Gasteiger partial charge in [-0.05, 0) is 30.0 Å². The number of halogens is 1. The first kappa shape index (κ1) is 16.0. The van der Waals surface area contributed by atoms with Gasteiger partial charge in [0.25, 0.3) is 0 Å². The summed E-state index contributed by atoms with van der Waals surface area (Å²) in [4.78, 5) is 24.6. The molecule has 6 heteroatoms. The second kappa shape index (κ2) is 7.04. The van der Waals surface area contributed by atoms with Crippen molar-refractivity contribution >= 4 is 27.8 Å². The molecule has 0 saturated heterocycles. The molecule has 0 spiro atoms. The molecule has 2 atom stereocenters. The van der Waals surface area contributed by atoms with Crippen molar-refractivity contribution in [3.63, 3.8) is 0 Å². The maximum absolute atomic E-state index is 12.4. The maximum atomic E-state index is 12.4. The van der Waals surface area contributed by atoms with Crippen molar-refractivity contribution in [3.8, 4) is 0 Å². The molecule has 114 valence electrons. The summed E-state index contributed by atoms with van der Waals surface area (Å²) in [6.45, 7) is 0.381. The summed E-state index contributed by atoms with van der Waals surface area (Å²) in [5, 5.41) is 8.91. The SMILES string of the molecule is COCCN(CC(=O)O)C(=O)C1CC1c1ccc(Br)cc1. The van der Waals surface area contributed by atoms with Gasteiger partial charge >= 0.3 is 5.97 Å². The third-order valence-electron chi connectivity index (χ3n) is 3.61. The summed E-state index contributed by atoms with van der Waals surface area (Å²) in [6.07, 6.45) is 0.781. The van der Waals surface area contributed by atoms with Crippen LogP contribution in [0.15, 0.2) is 28.7 Å². The van der Waals surface area contributed by atoms with Gasteiger partial charge in [-0.3, -0.25) is 9.59 Å². The molecule has 2 unspecified atom stereocenters. The first-order valence-electron chi connectivity index (χ1n) is 6.78. The molecule has 1 aliphatic carbocycles. The van der Waals surface area contributed by atoms with Gasteiger partial charge in [0.2, 0.25) is 5.91 Å². The molecular weight excluding hydrogens is 338 g/mol. The molecule has 0 radical (unpaired) electrons. The van der Waals surface area contributed by atoms with Crippen molar-refractivity contribution in [1.82, 2.24) is 4.90 Å². The Labute approximate surface area is 132 Å². The van der Waals surface area contributed by atoms with Crippen LogP contribution >= 0.6 is 15.9 Å². The molecule has 0 aliphatic heterocycles. The topological polar surface area (TPSA) is 66.8 Å². The molecule has 0 bridgehead atoms. The van der Waals surface area contributed by atoms with Crippen LogP contribution in [0.2, 0.25) is 0 Å². The number of methoxy groups -OCH3 is 1. The highest BCUT2D eigenvalue weighted by Gasteiger charge is 2.45. The molecule has 1 aromatic carbocycles. The molecule has 21 heavy (non-hydrogen) atoms. The summed E-state index contributed by atoms with van der Waals surface area (Å²) < 4.78 is 5.94. The Bertz CT molecular complexity index is 517. The van der Waals surface area contributed by atoms with Crippen LogP contribution in [0.4, 0.5) is 0 Å². The van der Waals surface area contributed by atoms with E-state index in [1.165, 1.54) is 12.0 Å². The summed E-state index contributed by atoms with van der Waals surface area (Å²) in [5.41, 5.74) is 1.12. The van der Waals surface area contributed by atoms with Gasteiger partial charge in [0.1, 0.15) is 6.54 Å². The normalized spacial score (nSPS) is 20.1. The summed E-state index contributed by atoms with van der Waals surface area (Å²) in [5.74, 6) is -1.01.